The molecular weight excluding hydrogens is 394 g/mol. The highest BCUT2D eigenvalue weighted by Gasteiger charge is 2.18. The number of nitrogens with one attached hydrogen (secondary N) is 1. The average molecular weight is 408 g/mol. The molecule has 2 N–H and O–H groups in total. The number of esters is 1. The summed E-state index contributed by atoms with van der Waals surface area (Å²) < 4.78 is 10.4. The molecule has 2 amide bonds. The number of amides is 2. The molecule has 0 spiro atoms. The second-order valence-corrected chi connectivity index (χ2v) is 5.73. The van der Waals surface area contributed by atoms with Crippen LogP contribution >= 0.6 is 15.9 Å². The fourth-order valence-electron chi connectivity index (χ4n) is 1.94. The summed E-state index contributed by atoms with van der Waals surface area (Å²) in [6.45, 7) is -0.675. The highest BCUT2D eigenvalue weighted by Crippen LogP contribution is 2.22. The number of hydrogen-bond donors (Lipinski definition) is 2. The predicted octanol–water partition coefficient (Wildman–Crippen LogP) is 2.28. The molecular formula is C17H14BrNO6. The quantitative estimate of drug-likeness (QED) is 0.737. The van der Waals surface area contributed by atoms with Gasteiger partial charge >= 0.3 is 5.97 Å². The third-order valence-electron chi connectivity index (χ3n) is 3.12. The topological polar surface area (TPSA) is 102 Å². The van der Waals surface area contributed by atoms with Crippen LogP contribution in [0, 0.1) is 0 Å². The van der Waals surface area contributed by atoms with Crippen LogP contribution < -0.4 is 10.1 Å². The van der Waals surface area contributed by atoms with Crippen LogP contribution in [-0.2, 0) is 9.53 Å². The first-order chi connectivity index (χ1) is 11.9. The van der Waals surface area contributed by atoms with Gasteiger partial charge in [-0.1, -0.05) is 28.1 Å². The van der Waals surface area contributed by atoms with Crippen molar-refractivity contribution in [3.8, 4) is 11.5 Å². The lowest BCUT2D eigenvalue weighted by atomic mass is 10.2. The van der Waals surface area contributed by atoms with Crippen LogP contribution in [0.4, 0.5) is 0 Å². The number of phenolic OH excluding ortho intramolecular Hbond substituents is 1. The van der Waals surface area contributed by atoms with Gasteiger partial charge in [-0.3, -0.25) is 14.9 Å². The van der Waals surface area contributed by atoms with Crippen LogP contribution in [0.3, 0.4) is 0 Å². The molecule has 0 radical (unpaired) electrons. The van der Waals surface area contributed by atoms with Gasteiger partial charge in [-0.25, -0.2) is 4.79 Å². The predicted molar refractivity (Wildman–Crippen MR) is 91.6 cm³/mol. The summed E-state index contributed by atoms with van der Waals surface area (Å²) in [6.07, 6.45) is 0. The van der Waals surface area contributed by atoms with Crippen molar-refractivity contribution in [3.05, 3.63) is 58.1 Å². The Bertz CT molecular complexity index is 821. The summed E-state index contributed by atoms with van der Waals surface area (Å²) in [4.78, 5) is 35.7. The van der Waals surface area contributed by atoms with E-state index in [0.717, 1.165) is 0 Å². The van der Waals surface area contributed by atoms with E-state index in [9.17, 15) is 19.5 Å². The third kappa shape index (κ3) is 4.80. The smallest absolute Gasteiger partial charge is 0.342 e. The van der Waals surface area contributed by atoms with Crippen LogP contribution in [0.1, 0.15) is 20.7 Å². The summed E-state index contributed by atoms with van der Waals surface area (Å²) >= 11 is 3.16. The first kappa shape index (κ1) is 18.5. The summed E-state index contributed by atoms with van der Waals surface area (Å²) in [6, 6.07) is 10.6. The first-order valence-corrected chi connectivity index (χ1v) is 7.84. The summed E-state index contributed by atoms with van der Waals surface area (Å²) in [5, 5.41) is 11.7. The molecule has 0 heterocycles. The lowest BCUT2D eigenvalue weighted by Crippen LogP contribution is -2.34. The molecule has 25 heavy (non-hydrogen) atoms. The SMILES string of the molecule is COc1ccccc1C(=O)NC(=O)COC(=O)c1cc(Br)ccc1O. The Morgan fingerprint density at radius 2 is 1.84 bits per heavy atom. The number of imide groups is 1. The van der Waals surface area contributed by atoms with Crippen molar-refractivity contribution in [2.24, 2.45) is 0 Å². The van der Waals surface area contributed by atoms with Gasteiger partial charge in [0.25, 0.3) is 11.8 Å². The van der Waals surface area contributed by atoms with E-state index in [-0.39, 0.29) is 16.9 Å². The standard InChI is InChI=1S/C17H14BrNO6/c1-24-14-5-3-2-4-11(14)16(22)19-15(21)9-25-17(23)12-8-10(18)6-7-13(12)20/h2-8,20H,9H2,1H3,(H,19,21,22). The molecule has 0 unspecified atom stereocenters. The number of methoxy groups -OCH3 is 1. The van der Waals surface area contributed by atoms with Gasteiger partial charge in [0.05, 0.1) is 12.7 Å². The molecule has 0 saturated carbocycles. The average Bonchev–Trinajstić information content (AvgIpc) is 2.61. The molecule has 0 fully saturated rings. The molecule has 0 bridgehead atoms. The zero-order valence-electron chi connectivity index (χ0n) is 13.1. The molecule has 0 aliphatic rings. The summed E-state index contributed by atoms with van der Waals surface area (Å²) in [5.41, 5.74) is 0.0764. The van der Waals surface area contributed by atoms with Gasteiger partial charge in [-0.05, 0) is 30.3 Å². The van der Waals surface area contributed by atoms with Crippen LogP contribution in [0.5, 0.6) is 11.5 Å². The fourth-order valence-corrected chi connectivity index (χ4v) is 2.30. The molecule has 0 saturated heterocycles. The Morgan fingerprint density at radius 1 is 1.12 bits per heavy atom. The van der Waals surface area contributed by atoms with Crippen molar-refractivity contribution in [2.75, 3.05) is 13.7 Å². The Morgan fingerprint density at radius 3 is 2.56 bits per heavy atom. The van der Waals surface area contributed by atoms with Crippen molar-refractivity contribution >= 4 is 33.7 Å². The zero-order chi connectivity index (χ0) is 18.4. The fraction of sp³-hybridized carbons (Fsp3) is 0.118. The van der Waals surface area contributed by atoms with E-state index in [0.29, 0.717) is 10.2 Å². The maximum absolute atomic E-state index is 12.0. The van der Waals surface area contributed by atoms with Gasteiger partial charge in [0.2, 0.25) is 0 Å². The number of phenols is 1. The molecule has 7 nitrogen and oxygen atoms in total. The van der Waals surface area contributed by atoms with E-state index in [1.54, 1.807) is 24.3 Å². The molecule has 0 aliphatic carbocycles. The van der Waals surface area contributed by atoms with E-state index < -0.39 is 24.4 Å². The Labute approximate surface area is 151 Å². The molecule has 8 heteroatoms. The van der Waals surface area contributed by atoms with Crippen LogP contribution in [0.15, 0.2) is 46.9 Å². The largest absolute Gasteiger partial charge is 0.507 e. The van der Waals surface area contributed by atoms with Crippen molar-refractivity contribution in [1.29, 1.82) is 0 Å². The second kappa shape index (κ2) is 8.29. The van der Waals surface area contributed by atoms with Crippen molar-refractivity contribution in [3.63, 3.8) is 0 Å². The van der Waals surface area contributed by atoms with Gasteiger partial charge in [0.1, 0.15) is 17.1 Å². The molecule has 130 valence electrons. The minimum atomic E-state index is -0.890. The van der Waals surface area contributed by atoms with Gasteiger partial charge < -0.3 is 14.6 Å². The van der Waals surface area contributed by atoms with Crippen LogP contribution in [0.25, 0.3) is 0 Å². The van der Waals surface area contributed by atoms with Crippen molar-refractivity contribution in [1.82, 2.24) is 5.32 Å². The van der Waals surface area contributed by atoms with E-state index in [1.165, 1.54) is 25.3 Å². The highest BCUT2D eigenvalue weighted by atomic mass is 79.9. The molecule has 0 aromatic heterocycles. The van der Waals surface area contributed by atoms with Crippen molar-refractivity contribution < 1.29 is 29.0 Å². The van der Waals surface area contributed by atoms with Gasteiger partial charge in [0.15, 0.2) is 6.61 Å². The lowest BCUT2D eigenvalue weighted by Gasteiger charge is -2.09. The van der Waals surface area contributed by atoms with Crippen LogP contribution in [-0.4, -0.2) is 36.6 Å². The second-order valence-electron chi connectivity index (χ2n) is 4.82. The number of carbonyl (C=O) groups excluding carboxylic acids is 3. The number of rotatable bonds is 5. The van der Waals surface area contributed by atoms with E-state index in [2.05, 4.69) is 21.2 Å². The maximum Gasteiger partial charge on any atom is 0.342 e. The third-order valence-corrected chi connectivity index (χ3v) is 3.61. The number of benzene rings is 2. The Kier molecular flexibility index (Phi) is 6.13. The number of carbonyl (C=O) groups is 3. The molecule has 2 rings (SSSR count). The minimum absolute atomic E-state index is 0.0989. The first-order valence-electron chi connectivity index (χ1n) is 7.05. The Hall–Kier alpha value is -2.87. The minimum Gasteiger partial charge on any atom is -0.507 e. The molecule has 2 aromatic carbocycles. The number of halogens is 1. The van der Waals surface area contributed by atoms with Gasteiger partial charge in [-0.2, -0.15) is 0 Å². The van der Waals surface area contributed by atoms with E-state index in [4.69, 9.17) is 9.47 Å². The monoisotopic (exact) mass is 407 g/mol. The maximum atomic E-state index is 12.0. The van der Waals surface area contributed by atoms with Crippen molar-refractivity contribution in [2.45, 2.75) is 0 Å². The van der Waals surface area contributed by atoms with E-state index >= 15 is 0 Å². The van der Waals surface area contributed by atoms with E-state index in [1.807, 2.05) is 0 Å². The number of aromatic hydroxyl groups is 1. The lowest BCUT2D eigenvalue weighted by molar-refractivity contribution is -0.123. The number of para-hydroxylation sites is 1. The molecule has 0 atom stereocenters. The molecule has 2 aromatic rings. The van der Waals surface area contributed by atoms with Crippen LogP contribution in [0.2, 0.25) is 0 Å². The summed E-state index contributed by atoms with van der Waals surface area (Å²) in [7, 11) is 1.40. The number of ether oxygens (including phenoxy) is 2. The number of hydrogen-bond acceptors (Lipinski definition) is 6. The van der Waals surface area contributed by atoms with Gasteiger partial charge in [-0.15, -0.1) is 0 Å². The summed E-state index contributed by atoms with van der Waals surface area (Å²) in [5.74, 6) is -2.34. The Balaban J connectivity index is 1.95. The molecule has 0 aliphatic heterocycles. The van der Waals surface area contributed by atoms with Gasteiger partial charge in [0, 0.05) is 4.47 Å². The zero-order valence-corrected chi connectivity index (χ0v) is 14.7. The normalized spacial score (nSPS) is 10.0. The highest BCUT2D eigenvalue weighted by molar-refractivity contribution is 9.10.